The molecule has 0 amide bonds. The smallest absolute Gasteiger partial charge is 0.305 e. The first-order valence-electron chi connectivity index (χ1n) is 8.56. The first kappa shape index (κ1) is 20.4. The van der Waals surface area contributed by atoms with Gasteiger partial charge < -0.3 is 9.05 Å². The second-order valence-corrected chi connectivity index (χ2v) is 8.34. The van der Waals surface area contributed by atoms with Crippen LogP contribution in [-0.2, 0) is 20.0 Å². The minimum Gasteiger partial charge on any atom is -0.305 e. The minimum atomic E-state index is -3.27. The molecule has 0 aromatic heterocycles. The zero-order valence-corrected chi connectivity index (χ0v) is 16.3. The Labute approximate surface area is 141 Å². The molecule has 0 aliphatic rings. The van der Waals surface area contributed by atoms with E-state index in [0.29, 0.717) is 6.42 Å². The number of nitrogens with zero attached hydrogens (tertiary/aromatic N) is 1. The Balaban J connectivity index is 3.18. The van der Waals surface area contributed by atoms with Gasteiger partial charge in [0.1, 0.15) is 5.78 Å². The molecule has 1 aromatic carbocycles. The summed E-state index contributed by atoms with van der Waals surface area (Å²) in [5.74, 6) is -0.273. The number of benzene rings is 1. The molecule has 0 bridgehead atoms. The van der Waals surface area contributed by atoms with Crippen molar-refractivity contribution in [3.8, 4) is 0 Å². The summed E-state index contributed by atoms with van der Waals surface area (Å²) in [6, 6.07) is 10.1. The SMILES string of the molecule is CCN(CC)C(Cc1ccccc1)P(=O)(OC(C)C)OC(C)C. The van der Waals surface area contributed by atoms with Crippen molar-refractivity contribution in [1.82, 2.24) is 4.90 Å². The highest BCUT2D eigenvalue weighted by Crippen LogP contribution is 2.57. The average molecular weight is 341 g/mol. The molecular weight excluding hydrogens is 309 g/mol. The lowest BCUT2D eigenvalue weighted by Gasteiger charge is -2.36. The molecule has 1 aromatic rings. The summed E-state index contributed by atoms with van der Waals surface area (Å²) in [5.41, 5.74) is 1.14. The fourth-order valence-electron chi connectivity index (χ4n) is 2.66. The zero-order valence-electron chi connectivity index (χ0n) is 15.4. The Morgan fingerprint density at radius 2 is 1.43 bits per heavy atom. The molecule has 1 unspecified atom stereocenters. The van der Waals surface area contributed by atoms with Crippen LogP contribution in [0.25, 0.3) is 0 Å². The van der Waals surface area contributed by atoms with Crippen molar-refractivity contribution in [2.24, 2.45) is 0 Å². The third-order valence-electron chi connectivity index (χ3n) is 3.58. The van der Waals surface area contributed by atoms with Gasteiger partial charge >= 0.3 is 7.60 Å². The van der Waals surface area contributed by atoms with E-state index >= 15 is 0 Å². The van der Waals surface area contributed by atoms with E-state index in [9.17, 15) is 4.57 Å². The molecule has 132 valence electrons. The molecule has 0 aliphatic carbocycles. The fraction of sp³-hybridized carbons (Fsp3) is 0.667. The number of likely N-dealkylation sites (N-methyl/N-ethyl adjacent to an activating group) is 1. The lowest BCUT2D eigenvalue weighted by atomic mass is 10.1. The van der Waals surface area contributed by atoms with Crippen molar-refractivity contribution < 1.29 is 13.6 Å². The summed E-state index contributed by atoms with van der Waals surface area (Å²) in [6.45, 7) is 13.4. The van der Waals surface area contributed by atoms with Crippen molar-refractivity contribution in [1.29, 1.82) is 0 Å². The van der Waals surface area contributed by atoms with Crippen LogP contribution in [-0.4, -0.2) is 36.0 Å². The number of rotatable bonds is 10. The maximum atomic E-state index is 13.6. The lowest BCUT2D eigenvalue weighted by molar-refractivity contribution is 0.114. The van der Waals surface area contributed by atoms with Crippen LogP contribution in [0.3, 0.4) is 0 Å². The molecule has 4 nitrogen and oxygen atoms in total. The molecule has 0 heterocycles. The third-order valence-corrected chi connectivity index (χ3v) is 6.25. The summed E-state index contributed by atoms with van der Waals surface area (Å²) in [4.78, 5) is 2.18. The van der Waals surface area contributed by atoms with Crippen LogP contribution in [0.15, 0.2) is 30.3 Å². The van der Waals surface area contributed by atoms with E-state index in [4.69, 9.17) is 9.05 Å². The van der Waals surface area contributed by atoms with E-state index in [1.807, 2.05) is 45.9 Å². The topological polar surface area (TPSA) is 38.8 Å². The minimum absolute atomic E-state index is 0.145. The van der Waals surface area contributed by atoms with Crippen LogP contribution in [0, 0.1) is 0 Å². The highest BCUT2D eigenvalue weighted by molar-refractivity contribution is 7.54. The van der Waals surface area contributed by atoms with E-state index in [1.165, 1.54) is 0 Å². The molecule has 0 radical (unpaired) electrons. The van der Waals surface area contributed by atoms with Crippen molar-refractivity contribution in [3.05, 3.63) is 35.9 Å². The summed E-state index contributed by atoms with van der Waals surface area (Å²) >= 11 is 0. The molecule has 1 atom stereocenters. The Bertz CT molecular complexity index is 472. The van der Waals surface area contributed by atoms with Crippen LogP contribution in [0.5, 0.6) is 0 Å². The Morgan fingerprint density at radius 3 is 1.83 bits per heavy atom. The van der Waals surface area contributed by atoms with Crippen molar-refractivity contribution in [2.45, 2.75) is 66.0 Å². The van der Waals surface area contributed by atoms with Gasteiger partial charge in [-0.15, -0.1) is 0 Å². The predicted octanol–water partition coefficient (Wildman–Crippen LogP) is 4.94. The third kappa shape index (κ3) is 6.39. The van der Waals surface area contributed by atoms with E-state index in [-0.39, 0.29) is 18.0 Å². The summed E-state index contributed by atoms with van der Waals surface area (Å²) in [7, 11) is -3.27. The summed E-state index contributed by atoms with van der Waals surface area (Å²) in [5, 5.41) is 0. The lowest BCUT2D eigenvalue weighted by Crippen LogP contribution is -2.38. The zero-order chi connectivity index (χ0) is 17.5. The molecule has 1 rings (SSSR count). The van der Waals surface area contributed by atoms with Crippen molar-refractivity contribution >= 4 is 7.60 Å². The van der Waals surface area contributed by atoms with Gasteiger partial charge in [0.25, 0.3) is 0 Å². The van der Waals surface area contributed by atoms with Gasteiger partial charge in [-0.05, 0) is 52.8 Å². The van der Waals surface area contributed by atoms with E-state index in [0.717, 1.165) is 18.7 Å². The van der Waals surface area contributed by atoms with E-state index in [1.54, 1.807) is 0 Å². The first-order chi connectivity index (χ1) is 10.8. The van der Waals surface area contributed by atoms with Gasteiger partial charge in [0.05, 0.1) is 12.2 Å². The first-order valence-corrected chi connectivity index (χ1v) is 10.2. The average Bonchev–Trinajstić information content (AvgIpc) is 2.46. The van der Waals surface area contributed by atoms with Crippen LogP contribution in [0.2, 0.25) is 0 Å². The van der Waals surface area contributed by atoms with Crippen LogP contribution < -0.4 is 0 Å². The largest absolute Gasteiger partial charge is 0.348 e. The van der Waals surface area contributed by atoms with Crippen molar-refractivity contribution in [2.75, 3.05) is 13.1 Å². The monoisotopic (exact) mass is 341 g/mol. The van der Waals surface area contributed by atoms with Crippen LogP contribution >= 0.6 is 7.60 Å². The Kier molecular flexibility index (Phi) is 8.49. The summed E-state index contributed by atoms with van der Waals surface area (Å²) < 4.78 is 25.3. The van der Waals surface area contributed by atoms with Crippen LogP contribution in [0.4, 0.5) is 0 Å². The van der Waals surface area contributed by atoms with Gasteiger partial charge in [-0.1, -0.05) is 44.2 Å². The van der Waals surface area contributed by atoms with E-state index in [2.05, 4.69) is 30.9 Å². The van der Waals surface area contributed by atoms with Crippen LogP contribution in [0.1, 0.15) is 47.1 Å². The van der Waals surface area contributed by atoms with Gasteiger partial charge in [-0.25, -0.2) is 0 Å². The molecule has 0 fully saturated rings. The summed E-state index contributed by atoms with van der Waals surface area (Å²) in [6.07, 6.45) is 0.362. The standard InChI is InChI=1S/C18H32NO3P/c1-7-19(8-2)18(14-17-12-10-9-11-13-17)23(20,21-15(3)4)22-16(5)6/h9-13,15-16,18H,7-8,14H2,1-6H3. The normalized spacial score (nSPS) is 14.0. The molecule has 0 N–H and O–H groups in total. The molecule has 0 aliphatic heterocycles. The molecular formula is C18H32NO3P. The maximum Gasteiger partial charge on any atom is 0.348 e. The number of hydrogen-bond donors (Lipinski definition) is 0. The molecule has 5 heteroatoms. The second kappa shape index (κ2) is 9.58. The molecule has 0 spiro atoms. The van der Waals surface area contributed by atoms with Gasteiger partial charge in [-0.3, -0.25) is 9.46 Å². The quantitative estimate of drug-likeness (QED) is 0.565. The highest BCUT2D eigenvalue weighted by atomic mass is 31.2. The van der Waals surface area contributed by atoms with Crippen molar-refractivity contribution in [3.63, 3.8) is 0 Å². The van der Waals surface area contributed by atoms with Gasteiger partial charge in [0.2, 0.25) is 0 Å². The molecule has 23 heavy (non-hydrogen) atoms. The van der Waals surface area contributed by atoms with Gasteiger partial charge in [0.15, 0.2) is 0 Å². The van der Waals surface area contributed by atoms with Gasteiger partial charge in [-0.2, -0.15) is 0 Å². The number of hydrogen-bond acceptors (Lipinski definition) is 4. The predicted molar refractivity (Wildman–Crippen MR) is 96.9 cm³/mol. The van der Waals surface area contributed by atoms with Gasteiger partial charge in [0, 0.05) is 0 Å². The molecule has 0 saturated heterocycles. The fourth-order valence-corrected chi connectivity index (χ4v) is 5.33. The molecule has 0 saturated carbocycles. The Hall–Kier alpha value is -0.670. The highest BCUT2D eigenvalue weighted by Gasteiger charge is 2.40. The van der Waals surface area contributed by atoms with E-state index < -0.39 is 7.60 Å². The maximum absolute atomic E-state index is 13.6. The second-order valence-electron chi connectivity index (χ2n) is 6.24. The Morgan fingerprint density at radius 1 is 0.957 bits per heavy atom.